The van der Waals surface area contributed by atoms with E-state index in [4.69, 9.17) is 14.2 Å². The second-order valence-electron chi connectivity index (χ2n) is 8.14. The maximum Gasteiger partial charge on any atom is 0.181 e. The minimum atomic E-state index is -0.209. The molecule has 6 heteroatoms. The van der Waals surface area contributed by atoms with Crippen LogP contribution in [-0.4, -0.2) is 37.9 Å². The van der Waals surface area contributed by atoms with Crippen molar-refractivity contribution in [3.63, 3.8) is 0 Å². The van der Waals surface area contributed by atoms with Gasteiger partial charge in [-0.15, -0.1) is 0 Å². The van der Waals surface area contributed by atoms with E-state index in [1.54, 1.807) is 37.4 Å². The molecule has 0 aliphatic rings. The zero-order valence-electron chi connectivity index (χ0n) is 20.3. The molecule has 0 bridgehead atoms. The molecular formula is C29H27NO5. The number of hydrogen-bond acceptors (Lipinski definition) is 6. The first-order chi connectivity index (χ1) is 17.0. The molecular weight excluding hydrogens is 442 g/mol. The van der Waals surface area contributed by atoms with Crippen LogP contribution in [0.15, 0.2) is 66.7 Å². The van der Waals surface area contributed by atoms with Crippen LogP contribution in [0, 0.1) is 6.92 Å². The molecule has 0 N–H and O–H groups in total. The van der Waals surface area contributed by atoms with Crippen molar-refractivity contribution >= 4 is 22.3 Å². The number of benzene rings is 3. The van der Waals surface area contributed by atoms with Crippen LogP contribution in [0.1, 0.15) is 39.3 Å². The quantitative estimate of drug-likeness (QED) is 0.277. The highest BCUT2D eigenvalue weighted by molar-refractivity contribution is 6.03. The molecule has 0 aliphatic carbocycles. The number of aryl methyl sites for hydroxylation is 1. The van der Waals surface area contributed by atoms with Gasteiger partial charge in [-0.1, -0.05) is 36.4 Å². The molecule has 1 heterocycles. The van der Waals surface area contributed by atoms with Crippen LogP contribution in [0.2, 0.25) is 0 Å². The summed E-state index contributed by atoms with van der Waals surface area (Å²) in [4.78, 5) is 30.4. The fourth-order valence-electron chi connectivity index (χ4n) is 4.14. The van der Waals surface area contributed by atoms with E-state index in [2.05, 4.69) is 24.0 Å². The van der Waals surface area contributed by atoms with Crippen molar-refractivity contribution in [3.05, 3.63) is 83.6 Å². The van der Waals surface area contributed by atoms with Crippen molar-refractivity contribution in [2.75, 3.05) is 21.3 Å². The summed E-state index contributed by atoms with van der Waals surface area (Å²) in [7, 11) is 4.63. The van der Waals surface area contributed by atoms with Crippen LogP contribution in [0.3, 0.4) is 0 Å². The highest BCUT2D eigenvalue weighted by Gasteiger charge is 2.18. The van der Waals surface area contributed by atoms with Gasteiger partial charge in [-0.25, -0.2) is 4.98 Å². The smallest absolute Gasteiger partial charge is 0.181 e. The largest absolute Gasteiger partial charge is 0.494 e. The summed E-state index contributed by atoms with van der Waals surface area (Å²) in [6.07, 6.45) is 0.103. The molecule has 0 amide bonds. The van der Waals surface area contributed by atoms with Crippen LogP contribution in [0.4, 0.5) is 0 Å². The number of nitrogens with zero attached hydrogens (tertiary/aromatic N) is 1. The van der Waals surface area contributed by atoms with E-state index in [1.807, 2.05) is 24.3 Å². The molecule has 3 aromatic carbocycles. The lowest BCUT2D eigenvalue weighted by atomic mass is 9.97. The first-order valence-corrected chi connectivity index (χ1v) is 11.3. The number of rotatable bonds is 9. The molecule has 0 unspecified atom stereocenters. The van der Waals surface area contributed by atoms with Crippen molar-refractivity contribution in [2.24, 2.45) is 0 Å². The molecule has 6 nitrogen and oxygen atoms in total. The normalized spacial score (nSPS) is 10.7. The summed E-state index contributed by atoms with van der Waals surface area (Å²) in [6.45, 7) is 2.06. The predicted molar refractivity (Wildman–Crippen MR) is 136 cm³/mol. The van der Waals surface area contributed by atoms with Gasteiger partial charge in [0, 0.05) is 24.0 Å². The third-order valence-corrected chi connectivity index (χ3v) is 6.04. The fraction of sp³-hybridized carbons (Fsp3) is 0.207. The monoisotopic (exact) mass is 469 g/mol. The molecule has 178 valence electrons. The Kier molecular flexibility index (Phi) is 7.11. The third-order valence-electron chi connectivity index (χ3n) is 6.04. The van der Waals surface area contributed by atoms with Crippen LogP contribution in [0.25, 0.3) is 22.0 Å². The standard InChI is InChI=1S/C29H27NO5/c1-18-7-5-9-21-20(18)8-6-10-22(21)29-27(34-3)16-12-23(30-29)25(32)14-13-24(31)19-11-15-26(33-2)28(17-19)35-4/h5-12,15-17H,13-14H2,1-4H3. The summed E-state index contributed by atoms with van der Waals surface area (Å²) in [5.41, 5.74) is 3.40. The van der Waals surface area contributed by atoms with Crippen molar-refractivity contribution in [2.45, 2.75) is 19.8 Å². The highest BCUT2D eigenvalue weighted by atomic mass is 16.5. The first kappa shape index (κ1) is 24.0. The molecule has 35 heavy (non-hydrogen) atoms. The van der Waals surface area contributed by atoms with Gasteiger partial charge in [0.05, 0.1) is 21.3 Å². The van der Waals surface area contributed by atoms with Gasteiger partial charge in [0.15, 0.2) is 23.1 Å². The molecule has 1 aromatic heterocycles. The summed E-state index contributed by atoms with van der Waals surface area (Å²) in [5, 5.41) is 2.15. The number of methoxy groups -OCH3 is 3. The van der Waals surface area contributed by atoms with Gasteiger partial charge < -0.3 is 14.2 Å². The SMILES string of the molecule is COc1ccc(C(=O)CCC(=O)c2ccc(OC)c(-c3cccc4c(C)cccc34)n2)cc1OC. The van der Waals surface area contributed by atoms with Crippen LogP contribution in [-0.2, 0) is 0 Å². The molecule has 4 aromatic rings. The zero-order valence-corrected chi connectivity index (χ0v) is 20.3. The van der Waals surface area contributed by atoms with Crippen molar-refractivity contribution in [1.82, 2.24) is 4.98 Å². The van der Waals surface area contributed by atoms with Crippen molar-refractivity contribution < 1.29 is 23.8 Å². The van der Waals surface area contributed by atoms with E-state index >= 15 is 0 Å². The van der Waals surface area contributed by atoms with Crippen LogP contribution in [0.5, 0.6) is 17.2 Å². The maximum absolute atomic E-state index is 13.0. The van der Waals surface area contributed by atoms with Crippen LogP contribution < -0.4 is 14.2 Å². The first-order valence-electron chi connectivity index (χ1n) is 11.3. The molecule has 4 rings (SSSR count). The van der Waals surface area contributed by atoms with Crippen molar-refractivity contribution in [3.8, 4) is 28.5 Å². The highest BCUT2D eigenvalue weighted by Crippen LogP contribution is 2.35. The Hall–Kier alpha value is -4.19. The Labute approximate surface area is 204 Å². The number of carbonyl (C=O) groups excluding carboxylic acids is 2. The van der Waals surface area contributed by atoms with Gasteiger partial charge in [0.2, 0.25) is 0 Å². The molecule has 0 fully saturated rings. The lowest BCUT2D eigenvalue weighted by molar-refractivity contribution is 0.0915. The van der Waals surface area contributed by atoms with Crippen molar-refractivity contribution in [1.29, 1.82) is 0 Å². The Morgan fingerprint density at radius 1 is 0.714 bits per heavy atom. The minimum Gasteiger partial charge on any atom is -0.494 e. The Morgan fingerprint density at radius 2 is 1.37 bits per heavy atom. The third kappa shape index (κ3) is 4.87. The minimum absolute atomic E-state index is 0.0423. The van der Waals surface area contributed by atoms with E-state index in [-0.39, 0.29) is 24.4 Å². The summed E-state index contributed by atoms with van der Waals surface area (Å²) in [5.74, 6) is 1.23. The summed E-state index contributed by atoms with van der Waals surface area (Å²) >= 11 is 0. The van der Waals surface area contributed by atoms with E-state index in [9.17, 15) is 9.59 Å². The van der Waals surface area contributed by atoms with E-state index in [1.165, 1.54) is 14.2 Å². The fourth-order valence-corrected chi connectivity index (χ4v) is 4.14. The van der Waals surface area contributed by atoms with Gasteiger partial charge in [-0.2, -0.15) is 0 Å². The molecule has 0 saturated heterocycles. The summed E-state index contributed by atoms with van der Waals surface area (Å²) in [6, 6.07) is 20.5. The van der Waals surface area contributed by atoms with Gasteiger partial charge in [0.1, 0.15) is 17.1 Å². The molecule has 0 saturated carbocycles. The summed E-state index contributed by atoms with van der Waals surface area (Å²) < 4.78 is 16.0. The number of ketones is 2. The van der Waals surface area contributed by atoms with E-state index in [0.717, 1.165) is 21.9 Å². The second kappa shape index (κ2) is 10.4. The lowest BCUT2D eigenvalue weighted by Crippen LogP contribution is -2.08. The number of aromatic nitrogens is 1. The Balaban J connectivity index is 1.59. The number of hydrogen-bond donors (Lipinski definition) is 0. The number of fused-ring (bicyclic) bond motifs is 1. The lowest BCUT2D eigenvalue weighted by Gasteiger charge is -2.13. The van der Waals surface area contributed by atoms with Gasteiger partial charge in [0.25, 0.3) is 0 Å². The molecule has 0 aliphatic heterocycles. The van der Waals surface area contributed by atoms with Gasteiger partial charge >= 0.3 is 0 Å². The predicted octanol–water partition coefficient (Wildman–Crippen LogP) is 6.08. The number of ether oxygens (including phenoxy) is 3. The second-order valence-corrected chi connectivity index (χ2v) is 8.14. The maximum atomic E-state index is 13.0. The van der Waals surface area contributed by atoms with Gasteiger partial charge in [-0.05, 0) is 53.6 Å². The molecule has 0 radical (unpaired) electrons. The molecule has 0 atom stereocenters. The number of Topliss-reactive ketones (excluding diaryl/α,β-unsaturated/α-hetero) is 2. The molecule has 0 spiro atoms. The average Bonchev–Trinajstić information content (AvgIpc) is 2.90. The zero-order chi connectivity index (χ0) is 24.9. The Morgan fingerprint density at radius 3 is 2.11 bits per heavy atom. The number of carbonyl (C=O) groups is 2. The topological polar surface area (TPSA) is 74.7 Å². The van der Waals surface area contributed by atoms with E-state index in [0.29, 0.717) is 34.2 Å². The van der Waals surface area contributed by atoms with Crippen LogP contribution >= 0.6 is 0 Å². The average molecular weight is 470 g/mol. The van der Waals surface area contributed by atoms with Gasteiger partial charge in [-0.3, -0.25) is 9.59 Å². The number of pyridine rings is 1. The Bertz CT molecular complexity index is 1410. The van der Waals surface area contributed by atoms with E-state index < -0.39 is 0 Å².